The summed E-state index contributed by atoms with van der Waals surface area (Å²) >= 11 is 6.03. The van der Waals surface area contributed by atoms with Gasteiger partial charge in [-0.05, 0) is 25.5 Å². The molecule has 0 aromatic heterocycles. The first-order chi connectivity index (χ1) is 7.50. The zero-order valence-electron chi connectivity index (χ0n) is 9.83. The number of allylic oxidation sites excluding steroid dienone is 1. The standard InChI is InChI=1S/C13H16ClNO/c1-10(2)8-13(16)15(3)9-11-6-4-5-7-12(11)14/h4-8H,9H2,1-3H3. The van der Waals surface area contributed by atoms with Gasteiger partial charge in [0.15, 0.2) is 0 Å². The van der Waals surface area contributed by atoms with E-state index in [9.17, 15) is 4.79 Å². The number of nitrogens with zero attached hydrogens (tertiary/aromatic N) is 1. The molecule has 0 heterocycles. The number of carbonyl (C=O) groups is 1. The van der Waals surface area contributed by atoms with E-state index < -0.39 is 0 Å². The maximum atomic E-state index is 11.7. The van der Waals surface area contributed by atoms with Gasteiger partial charge in [-0.1, -0.05) is 35.4 Å². The lowest BCUT2D eigenvalue weighted by Gasteiger charge is -2.16. The predicted octanol–water partition coefficient (Wildman–Crippen LogP) is 3.26. The molecule has 0 fully saturated rings. The van der Waals surface area contributed by atoms with E-state index in [4.69, 9.17) is 11.6 Å². The van der Waals surface area contributed by atoms with Crippen LogP contribution in [-0.4, -0.2) is 17.9 Å². The van der Waals surface area contributed by atoms with E-state index >= 15 is 0 Å². The van der Waals surface area contributed by atoms with Crippen LogP contribution in [0.15, 0.2) is 35.9 Å². The second kappa shape index (κ2) is 5.71. The minimum atomic E-state index is -0.0000743. The molecule has 86 valence electrons. The molecular weight excluding hydrogens is 222 g/mol. The van der Waals surface area contributed by atoms with Crippen LogP contribution in [0.4, 0.5) is 0 Å². The lowest BCUT2D eigenvalue weighted by molar-refractivity contribution is -0.125. The highest BCUT2D eigenvalue weighted by molar-refractivity contribution is 6.31. The predicted molar refractivity (Wildman–Crippen MR) is 67.4 cm³/mol. The smallest absolute Gasteiger partial charge is 0.246 e. The highest BCUT2D eigenvalue weighted by Crippen LogP contribution is 2.16. The van der Waals surface area contributed by atoms with Crippen LogP contribution in [0, 0.1) is 0 Å². The van der Waals surface area contributed by atoms with E-state index in [1.165, 1.54) is 0 Å². The number of halogens is 1. The summed E-state index contributed by atoms with van der Waals surface area (Å²) in [5.41, 5.74) is 1.96. The summed E-state index contributed by atoms with van der Waals surface area (Å²) in [5.74, 6) is -0.0000743. The van der Waals surface area contributed by atoms with Crippen LogP contribution in [0.25, 0.3) is 0 Å². The van der Waals surface area contributed by atoms with E-state index in [1.54, 1.807) is 18.0 Å². The zero-order chi connectivity index (χ0) is 12.1. The molecule has 1 rings (SSSR count). The molecule has 0 aliphatic heterocycles. The third kappa shape index (κ3) is 3.70. The number of benzene rings is 1. The molecule has 0 saturated carbocycles. The normalized spacial score (nSPS) is 9.75. The Hall–Kier alpha value is -1.28. The number of hydrogen-bond acceptors (Lipinski definition) is 1. The van der Waals surface area contributed by atoms with E-state index in [1.807, 2.05) is 38.1 Å². The molecular formula is C13H16ClNO. The van der Waals surface area contributed by atoms with Crippen LogP contribution >= 0.6 is 11.6 Å². The van der Waals surface area contributed by atoms with Crippen molar-refractivity contribution in [2.45, 2.75) is 20.4 Å². The number of hydrogen-bond donors (Lipinski definition) is 0. The Bertz CT molecular complexity index is 408. The molecule has 0 radical (unpaired) electrons. The quantitative estimate of drug-likeness (QED) is 0.739. The van der Waals surface area contributed by atoms with Crippen LogP contribution in [0.3, 0.4) is 0 Å². The number of carbonyl (C=O) groups excluding carboxylic acids is 1. The van der Waals surface area contributed by atoms with Crippen LogP contribution in [0.5, 0.6) is 0 Å². The van der Waals surface area contributed by atoms with Gasteiger partial charge in [0.1, 0.15) is 0 Å². The Morgan fingerprint density at radius 3 is 2.56 bits per heavy atom. The van der Waals surface area contributed by atoms with Gasteiger partial charge < -0.3 is 4.90 Å². The van der Waals surface area contributed by atoms with E-state index in [0.29, 0.717) is 11.6 Å². The van der Waals surface area contributed by atoms with Crippen molar-refractivity contribution in [2.75, 3.05) is 7.05 Å². The lowest BCUT2D eigenvalue weighted by Crippen LogP contribution is -2.24. The van der Waals surface area contributed by atoms with Gasteiger partial charge in [-0.2, -0.15) is 0 Å². The molecule has 1 aromatic rings. The van der Waals surface area contributed by atoms with Crippen molar-refractivity contribution in [3.63, 3.8) is 0 Å². The SMILES string of the molecule is CC(C)=CC(=O)N(C)Cc1ccccc1Cl. The molecule has 0 N–H and O–H groups in total. The monoisotopic (exact) mass is 237 g/mol. The number of rotatable bonds is 3. The third-order valence-electron chi connectivity index (χ3n) is 2.15. The van der Waals surface area contributed by atoms with Crippen molar-refractivity contribution in [2.24, 2.45) is 0 Å². The second-order valence-electron chi connectivity index (χ2n) is 4.01. The first-order valence-electron chi connectivity index (χ1n) is 5.14. The average Bonchev–Trinajstić information content (AvgIpc) is 2.20. The van der Waals surface area contributed by atoms with Gasteiger partial charge in [-0.25, -0.2) is 0 Å². The minimum absolute atomic E-state index is 0.0000743. The number of likely N-dealkylation sites (N-methyl/N-ethyl adjacent to an activating group) is 1. The zero-order valence-corrected chi connectivity index (χ0v) is 10.6. The van der Waals surface area contributed by atoms with Crippen LogP contribution in [0.2, 0.25) is 5.02 Å². The largest absolute Gasteiger partial charge is 0.338 e. The number of amides is 1. The molecule has 0 spiro atoms. The van der Waals surface area contributed by atoms with Gasteiger partial charge in [0, 0.05) is 24.7 Å². The Kier molecular flexibility index (Phi) is 4.56. The van der Waals surface area contributed by atoms with Gasteiger partial charge in [0.25, 0.3) is 0 Å². The fourth-order valence-corrected chi connectivity index (χ4v) is 1.51. The van der Waals surface area contributed by atoms with Gasteiger partial charge in [-0.15, -0.1) is 0 Å². The van der Waals surface area contributed by atoms with E-state index in [2.05, 4.69) is 0 Å². The van der Waals surface area contributed by atoms with Crippen molar-refractivity contribution < 1.29 is 4.79 Å². The summed E-state index contributed by atoms with van der Waals surface area (Å²) < 4.78 is 0. The maximum absolute atomic E-state index is 11.7. The molecule has 1 aromatic carbocycles. The molecule has 2 nitrogen and oxygen atoms in total. The highest BCUT2D eigenvalue weighted by Gasteiger charge is 2.07. The van der Waals surface area contributed by atoms with Crippen LogP contribution < -0.4 is 0 Å². The maximum Gasteiger partial charge on any atom is 0.246 e. The minimum Gasteiger partial charge on any atom is -0.338 e. The summed E-state index contributed by atoms with van der Waals surface area (Å²) in [5, 5.41) is 0.694. The molecule has 0 aliphatic carbocycles. The van der Waals surface area contributed by atoms with E-state index in [0.717, 1.165) is 11.1 Å². The van der Waals surface area contributed by atoms with Gasteiger partial charge in [0.2, 0.25) is 5.91 Å². The summed E-state index contributed by atoms with van der Waals surface area (Å²) in [7, 11) is 1.77. The first kappa shape index (κ1) is 12.8. The molecule has 0 unspecified atom stereocenters. The van der Waals surface area contributed by atoms with Crippen molar-refractivity contribution in [3.8, 4) is 0 Å². The summed E-state index contributed by atoms with van der Waals surface area (Å²) in [6.45, 7) is 4.34. The molecule has 3 heteroatoms. The summed E-state index contributed by atoms with van der Waals surface area (Å²) in [6, 6.07) is 7.55. The van der Waals surface area contributed by atoms with Crippen molar-refractivity contribution >= 4 is 17.5 Å². The summed E-state index contributed by atoms with van der Waals surface area (Å²) in [6.07, 6.45) is 1.62. The van der Waals surface area contributed by atoms with Gasteiger partial charge in [0.05, 0.1) is 0 Å². The lowest BCUT2D eigenvalue weighted by atomic mass is 10.2. The fourth-order valence-electron chi connectivity index (χ4n) is 1.32. The van der Waals surface area contributed by atoms with Crippen molar-refractivity contribution in [1.82, 2.24) is 4.90 Å². The molecule has 0 bridgehead atoms. The molecule has 16 heavy (non-hydrogen) atoms. The Morgan fingerprint density at radius 2 is 2.00 bits per heavy atom. The van der Waals surface area contributed by atoms with Gasteiger partial charge >= 0.3 is 0 Å². The molecule has 1 amide bonds. The first-order valence-corrected chi connectivity index (χ1v) is 5.52. The van der Waals surface area contributed by atoms with Gasteiger partial charge in [-0.3, -0.25) is 4.79 Å². The topological polar surface area (TPSA) is 20.3 Å². The summed E-state index contributed by atoms with van der Waals surface area (Å²) in [4.78, 5) is 13.3. The molecule has 0 atom stereocenters. The van der Waals surface area contributed by atoms with Crippen LogP contribution in [0.1, 0.15) is 19.4 Å². The Balaban J connectivity index is 2.72. The Labute approximate surface area is 102 Å². The second-order valence-corrected chi connectivity index (χ2v) is 4.41. The fraction of sp³-hybridized carbons (Fsp3) is 0.308. The third-order valence-corrected chi connectivity index (χ3v) is 2.52. The molecule has 0 aliphatic rings. The van der Waals surface area contributed by atoms with E-state index in [-0.39, 0.29) is 5.91 Å². The van der Waals surface area contributed by atoms with Crippen molar-refractivity contribution in [3.05, 3.63) is 46.5 Å². The van der Waals surface area contributed by atoms with Crippen molar-refractivity contribution in [1.29, 1.82) is 0 Å². The average molecular weight is 238 g/mol. The molecule has 0 saturated heterocycles. The highest BCUT2D eigenvalue weighted by atomic mass is 35.5. The Morgan fingerprint density at radius 1 is 1.38 bits per heavy atom. The van der Waals surface area contributed by atoms with Crippen LogP contribution in [-0.2, 0) is 11.3 Å².